The number of barbiturate groups is 1. The van der Waals surface area contributed by atoms with Crippen LogP contribution in [0.3, 0.4) is 0 Å². The fourth-order valence-corrected chi connectivity index (χ4v) is 3.54. The van der Waals surface area contributed by atoms with Crippen LogP contribution in [0, 0.1) is 5.82 Å². The van der Waals surface area contributed by atoms with Gasteiger partial charge < -0.3 is 9.47 Å². The van der Waals surface area contributed by atoms with E-state index >= 15 is 0 Å². The molecule has 0 bridgehead atoms. The molecular formula is C25H18ClFN2O5. The molecule has 34 heavy (non-hydrogen) atoms. The number of halogens is 2. The van der Waals surface area contributed by atoms with E-state index in [0.717, 1.165) is 4.90 Å². The van der Waals surface area contributed by atoms with Crippen LogP contribution in [-0.4, -0.2) is 25.0 Å². The molecule has 1 aliphatic rings. The molecule has 7 nitrogen and oxygen atoms in total. The average Bonchev–Trinajstić information content (AvgIpc) is 2.82. The first-order valence-corrected chi connectivity index (χ1v) is 10.5. The number of methoxy groups -OCH3 is 1. The maximum Gasteiger partial charge on any atom is 0.335 e. The van der Waals surface area contributed by atoms with Gasteiger partial charge in [0.15, 0.2) is 0 Å². The third-order valence-corrected chi connectivity index (χ3v) is 5.38. The number of imide groups is 2. The first kappa shape index (κ1) is 23.0. The Kier molecular flexibility index (Phi) is 6.60. The minimum absolute atomic E-state index is 0.0968. The van der Waals surface area contributed by atoms with Crippen LogP contribution < -0.4 is 19.7 Å². The first-order valence-electron chi connectivity index (χ1n) is 10.1. The smallest absolute Gasteiger partial charge is 0.335 e. The van der Waals surface area contributed by atoms with E-state index < -0.39 is 23.7 Å². The lowest BCUT2D eigenvalue weighted by Gasteiger charge is -2.27. The number of rotatable bonds is 6. The summed E-state index contributed by atoms with van der Waals surface area (Å²) in [5.74, 6) is -1.44. The molecule has 4 amide bonds. The number of para-hydroxylation sites is 1. The van der Waals surface area contributed by atoms with E-state index in [1.807, 2.05) is 0 Å². The molecule has 0 saturated carbocycles. The SMILES string of the molecule is COc1ccc(/C=C2\C(=O)NC(=O)N(c3ccccc3Cl)C2=O)c(OCc2ccccc2F)c1. The zero-order chi connectivity index (χ0) is 24.2. The molecule has 1 saturated heterocycles. The standard InChI is InChI=1S/C25H18ClFN2O5/c1-33-17-11-10-15(22(13-17)34-14-16-6-2-4-8-20(16)27)12-18-23(30)28-25(32)29(24(18)31)21-9-5-3-7-19(21)26/h2-13H,14H2,1H3,(H,28,30,32)/b18-12+. The van der Waals surface area contributed by atoms with Gasteiger partial charge in [0.2, 0.25) is 0 Å². The Morgan fingerprint density at radius 2 is 1.76 bits per heavy atom. The van der Waals surface area contributed by atoms with Gasteiger partial charge in [-0.3, -0.25) is 14.9 Å². The van der Waals surface area contributed by atoms with Crippen molar-refractivity contribution < 1.29 is 28.2 Å². The van der Waals surface area contributed by atoms with E-state index in [2.05, 4.69) is 5.32 Å². The molecule has 0 atom stereocenters. The minimum atomic E-state index is -0.911. The van der Waals surface area contributed by atoms with E-state index in [1.165, 1.54) is 31.4 Å². The van der Waals surface area contributed by atoms with Crippen molar-refractivity contribution in [3.05, 3.63) is 94.3 Å². The number of amides is 4. The summed E-state index contributed by atoms with van der Waals surface area (Å²) in [7, 11) is 1.47. The number of nitrogens with one attached hydrogen (secondary N) is 1. The summed E-state index contributed by atoms with van der Waals surface area (Å²) in [5, 5.41) is 2.31. The Morgan fingerprint density at radius 3 is 2.50 bits per heavy atom. The van der Waals surface area contributed by atoms with Crippen molar-refractivity contribution in [1.82, 2.24) is 5.32 Å². The Balaban J connectivity index is 1.71. The van der Waals surface area contributed by atoms with Crippen LogP contribution in [0.5, 0.6) is 11.5 Å². The number of anilines is 1. The summed E-state index contributed by atoms with van der Waals surface area (Å²) in [4.78, 5) is 38.9. The maximum atomic E-state index is 14.0. The molecule has 0 unspecified atom stereocenters. The van der Waals surface area contributed by atoms with Crippen LogP contribution >= 0.6 is 11.6 Å². The lowest BCUT2D eigenvalue weighted by molar-refractivity contribution is -0.122. The summed E-state index contributed by atoms with van der Waals surface area (Å²) in [5.41, 5.74) is 0.506. The van der Waals surface area contributed by atoms with Crippen molar-refractivity contribution in [3.8, 4) is 11.5 Å². The molecule has 0 radical (unpaired) electrons. The highest BCUT2D eigenvalue weighted by Crippen LogP contribution is 2.31. The topological polar surface area (TPSA) is 84.9 Å². The van der Waals surface area contributed by atoms with Gasteiger partial charge in [-0.15, -0.1) is 0 Å². The number of carbonyl (C=O) groups is 3. The van der Waals surface area contributed by atoms with Crippen molar-refractivity contribution in [2.75, 3.05) is 12.0 Å². The highest BCUT2D eigenvalue weighted by Gasteiger charge is 2.37. The van der Waals surface area contributed by atoms with Gasteiger partial charge in [0.25, 0.3) is 11.8 Å². The normalized spacial score (nSPS) is 14.9. The predicted octanol–water partition coefficient (Wildman–Crippen LogP) is 4.73. The second kappa shape index (κ2) is 9.76. The zero-order valence-corrected chi connectivity index (χ0v) is 18.6. The van der Waals surface area contributed by atoms with Crippen LogP contribution in [0.4, 0.5) is 14.9 Å². The van der Waals surface area contributed by atoms with Crippen molar-refractivity contribution >= 4 is 41.2 Å². The Labute approximate surface area is 199 Å². The van der Waals surface area contributed by atoms with E-state index in [0.29, 0.717) is 16.9 Å². The van der Waals surface area contributed by atoms with E-state index in [9.17, 15) is 18.8 Å². The molecule has 0 aliphatic carbocycles. The quantitative estimate of drug-likeness (QED) is 0.407. The number of carbonyl (C=O) groups excluding carboxylic acids is 3. The number of hydrogen-bond acceptors (Lipinski definition) is 5. The average molecular weight is 481 g/mol. The third kappa shape index (κ3) is 4.62. The molecule has 9 heteroatoms. The second-order valence-corrected chi connectivity index (χ2v) is 7.60. The predicted molar refractivity (Wildman–Crippen MR) is 124 cm³/mol. The lowest BCUT2D eigenvalue weighted by atomic mass is 10.1. The molecule has 1 fully saturated rings. The van der Waals surface area contributed by atoms with Crippen LogP contribution in [0.25, 0.3) is 6.08 Å². The second-order valence-electron chi connectivity index (χ2n) is 7.19. The van der Waals surface area contributed by atoms with E-state index in [1.54, 1.807) is 48.5 Å². The zero-order valence-electron chi connectivity index (χ0n) is 17.9. The number of nitrogens with zero attached hydrogens (tertiary/aromatic N) is 1. The molecule has 4 rings (SSSR count). The molecule has 0 aromatic heterocycles. The third-order valence-electron chi connectivity index (χ3n) is 5.06. The molecule has 172 valence electrons. The maximum absolute atomic E-state index is 14.0. The Morgan fingerprint density at radius 1 is 1.03 bits per heavy atom. The highest BCUT2D eigenvalue weighted by atomic mass is 35.5. The Bertz CT molecular complexity index is 1320. The van der Waals surface area contributed by atoms with Crippen LogP contribution in [0.15, 0.2) is 72.3 Å². The molecule has 1 N–H and O–H groups in total. The van der Waals surface area contributed by atoms with Crippen molar-refractivity contribution in [3.63, 3.8) is 0 Å². The number of benzene rings is 3. The van der Waals surface area contributed by atoms with Gasteiger partial charge in [-0.05, 0) is 36.4 Å². The molecule has 1 aliphatic heterocycles. The van der Waals surface area contributed by atoms with Crippen molar-refractivity contribution in [1.29, 1.82) is 0 Å². The first-order chi connectivity index (χ1) is 16.4. The molecule has 1 heterocycles. The van der Waals surface area contributed by atoms with Gasteiger partial charge in [0, 0.05) is 17.2 Å². The number of ether oxygens (including phenoxy) is 2. The molecular weight excluding hydrogens is 463 g/mol. The van der Waals surface area contributed by atoms with Crippen LogP contribution in [0.1, 0.15) is 11.1 Å². The van der Waals surface area contributed by atoms with Gasteiger partial charge >= 0.3 is 6.03 Å². The number of hydrogen-bond donors (Lipinski definition) is 1. The Hall–Kier alpha value is -4.17. The molecule has 3 aromatic rings. The van der Waals surface area contributed by atoms with Crippen molar-refractivity contribution in [2.45, 2.75) is 6.61 Å². The van der Waals surface area contributed by atoms with Crippen LogP contribution in [0.2, 0.25) is 5.02 Å². The van der Waals surface area contributed by atoms with E-state index in [-0.39, 0.29) is 28.6 Å². The fourth-order valence-electron chi connectivity index (χ4n) is 3.32. The van der Waals surface area contributed by atoms with Gasteiger partial charge in [0.1, 0.15) is 29.5 Å². The van der Waals surface area contributed by atoms with E-state index in [4.69, 9.17) is 21.1 Å². The van der Waals surface area contributed by atoms with Crippen LogP contribution in [-0.2, 0) is 16.2 Å². The number of urea groups is 1. The molecule has 3 aromatic carbocycles. The lowest BCUT2D eigenvalue weighted by Crippen LogP contribution is -2.54. The van der Waals surface area contributed by atoms with Gasteiger partial charge in [-0.1, -0.05) is 41.9 Å². The summed E-state index contributed by atoms with van der Waals surface area (Å²) in [6.07, 6.45) is 1.30. The van der Waals surface area contributed by atoms with Crippen molar-refractivity contribution in [2.24, 2.45) is 0 Å². The highest BCUT2D eigenvalue weighted by molar-refractivity contribution is 6.42. The molecule has 0 spiro atoms. The monoisotopic (exact) mass is 480 g/mol. The summed E-state index contributed by atoms with van der Waals surface area (Å²) in [6, 6.07) is 16.3. The summed E-state index contributed by atoms with van der Waals surface area (Å²) < 4.78 is 25.1. The minimum Gasteiger partial charge on any atom is -0.497 e. The van der Waals surface area contributed by atoms with Gasteiger partial charge in [-0.2, -0.15) is 0 Å². The largest absolute Gasteiger partial charge is 0.497 e. The van der Waals surface area contributed by atoms with Gasteiger partial charge in [-0.25, -0.2) is 14.1 Å². The fraction of sp³-hybridized carbons (Fsp3) is 0.0800. The summed E-state index contributed by atoms with van der Waals surface area (Å²) >= 11 is 6.16. The summed E-state index contributed by atoms with van der Waals surface area (Å²) in [6.45, 7) is -0.0968. The van der Waals surface area contributed by atoms with Gasteiger partial charge in [0.05, 0.1) is 17.8 Å².